The molecule has 3 rings (SSSR count). The highest BCUT2D eigenvalue weighted by molar-refractivity contribution is 9.09. The summed E-state index contributed by atoms with van der Waals surface area (Å²) in [7, 11) is 0. The van der Waals surface area contributed by atoms with Crippen LogP contribution in [0, 0.1) is 11.8 Å². The quantitative estimate of drug-likeness (QED) is 0.112. The lowest BCUT2D eigenvalue weighted by atomic mass is 9.83. The molecule has 2 aromatic rings. The van der Waals surface area contributed by atoms with Crippen molar-refractivity contribution in [2.75, 3.05) is 18.5 Å². The molecule has 214 valence electrons. The zero-order valence-corrected chi connectivity index (χ0v) is 24.9. The number of carbonyl (C=O) groups excluding carboxylic acids is 2. The van der Waals surface area contributed by atoms with Gasteiger partial charge >= 0.3 is 11.9 Å². The molecule has 5 atom stereocenters. The first kappa shape index (κ1) is 31.3. The van der Waals surface area contributed by atoms with E-state index in [4.69, 9.17) is 18.9 Å². The van der Waals surface area contributed by atoms with Crippen molar-refractivity contribution in [3.8, 4) is 0 Å². The number of halogens is 1. The second kappa shape index (κ2) is 17.5. The zero-order chi connectivity index (χ0) is 27.9. The molecule has 0 N–H and O–H groups in total. The first-order chi connectivity index (χ1) is 19.0. The fourth-order valence-electron chi connectivity index (χ4n) is 4.79. The third kappa shape index (κ3) is 10.4. The van der Waals surface area contributed by atoms with Gasteiger partial charge in [0.05, 0.1) is 17.2 Å². The van der Waals surface area contributed by atoms with Crippen LogP contribution < -0.4 is 0 Å². The molecule has 2 unspecified atom stereocenters. The number of hydrogen-bond acceptors (Lipinski definition) is 6. The van der Waals surface area contributed by atoms with Crippen molar-refractivity contribution in [2.24, 2.45) is 11.8 Å². The molecule has 0 aliphatic carbocycles. The van der Waals surface area contributed by atoms with Gasteiger partial charge in [0.25, 0.3) is 0 Å². The number of unbranched alkanes of at least 4 members (excludes halogenated alkanes) is 7. The predicted octanol–water partition coefficient (Wildman–Crippen LogP) is 7.60. The normalized spacial score (nSPS) is 22.8. The molecular weight excluding hydrogens is 560 g/mol. The molecule has 6 nitrogen and oxygen atoms in total. The van der Waals surface area contributed by atoms with Crippen LogP contribution in [-0.2, 0) is 18.9 Å². The van der Waals surface area contributed by atoms with Gasteiger partial charge in [-0.15, -0.1) is 0 Å². The van der Waals surface area contributed by atoms with Crippen molar-refractivity contribution in [1.29, 1.82) is 0 Å². The first-order valence-corrected chi connectivity index (χ1v) is 15.4. The number of ether oxygens (including phenoxy) is 4. The van der Waals surface area contributed by atoms with Crippen LogP contribution >= 0.6 is 15.9 Å². The molecule has 0 spiro atoms. The Morgan fingerprint density at radius 2 is 1.28 bits per heavy atom. The van der Waals surface area contributed by atoms with Crippen LogP contribution in [0.2, 0.25) is 0 Å². The number of rotatable bonds is 16. The second-order valence-electron chi connectivity index (χ2n) is 10.3. The highest BCUT2D eigenvalue weighted by Gasteiger charge is 2.45. The van der Waals surface area contributed by atoms with Crippen LogP contribution in [0.1, 0.15) is 85.9 Å². The van der Waals surface area contributed by atoms with Gasteiger partial charge in [-0.25, -0.2) is 9.59 Å². The van der Waals surface area contributed by atoms with Gasteiger partial charge < -0.3 is 18.9 Å². The number of carbonyl (C=O) groups is 2. The van der Waals surface area contributed by atoms with Crippen molar-refractivity contribution in [2.45, 2.75) is 83.7 Å². The molecular formula is C32H43BrO6. The largest absolute Gasteiger partial charge is 0.459 e. The van der Waals surface area contributed by atoms with Crippen LogP contribution in [0.15, 0.2) is 60.7 Å². The van der Waals surface area contributed by atoms with Gasteiger partial charge in [-0.1, -0.05) is 105 Å². The molecule has 39 heavy (non-hydrogen) atoms. The fourth-order valence-corrected chi connectivity index (χ4v) is 5.18. The summed E-state index contributed by atoms with van der Waals surface area (Å²) < 4.78 is 24.0. The Kier molecular flexibility index (Phi) is 14.0. The highest BCUT2D eigenvalue weighted by Crippen LogP contribution is 2.34. The molecule has 0 radical (unpaired) electrons. The average molecular weight is 604 g/mol. The Labute approximate surface area is 241 Å². The van der Waals surface area contributed by atoms with E-state index in [2.05, 4.69) is 15.9 Å². The maximum Gasteiger partial charge on any atom is 0.338 e. The molecule has 1 fully saturated rings. The summed E-state index contributed by atoms with van der Waals surface area (Å²) in [5, 5.41) is 1.09. The number of hydrogen-bond donors (Lipinski definition) is 0. The fraction of sp³-hybridized carbons (Fsp3) is 0.562. The van der Waals surface area contributed by atoms with E-state index in [1.165, 1.54) is 38.5 Å². The summed E-state index contributed by atoms with van der Waals surface area (Å²) >= 11 is 3.48. The minimum absolute atomic E-state index is 0.0217. The molecule has 1 saturated heterocycles. The molecule has 1 heterocycles. The van der Waals surface area contributed by atoms with E-state index in [1.807, 2.05) is 38.1 Å². The molecule has 0 amide bonds. The van der Waals surface area contributed by atoms with Gasteiger partial charge in [-0.2, -0.15) is 0 Å². The van der Waals surface area contributed by atoms with Crippen LogP contribution in [0.25, 0.3) is 0 Å². The monoisotopic (exact) mass is 602 g/mol. The molecule has 0 saturated carbocycles. The van der Waals surface area contributed by atoms with Crippen molar-refractivity contribution in [1.82, 2.24) is 0 Å². The number of esters is 2. The van der Waals surface area contributed by atoms with Crippen molar-refractivity contribution < 1.29 is 28.5 Å². The smallest absolute Gasteiger partial charge is 0.338 e. The van der Waals surface area contributed by atoms with Gasteiger partial charge in [-0.3, -0.25) is 0 Å². The van der Waals surface area contributed by atoms with Gasteiger partial charge in [-0.05, 0) is 43.0 Å². The third-order valence-electron chi connectivity index (χ3n) is 7.46. The van der Waals surface area contributed by atoms with Crippen molar-refractivity contribution in [3.63, 3.8) is 0 Å². The minimum Gasteiger partial charge on any atom is -0.459 e. The topological polar surface area (TPSA) is 71.1 Å². The van der Waals surface area contributed by atoms with Crippen molar-refractivity contribution in [3.05, 3.63) is 71.8 Å². The van der Waals surface area contributed by atoms with Gasteiger partial charge in [0.2, 0.25) is 0 Å². The van der Waals surface area contributed by atoms with Gasteiger partial charge in [0, 0.05) is 17.9 Å². The van der Waals surface area contributed by atoms with Crippen LogP contribution in [0.3, 0.4) is 0 Å². The number of alkyl halides is 1. The van der Waals surface area contributed by atoms with Gasteiger partial charge in [0.15, 0.2) is 12.4 Å². The molecule has 1 aliphatic rings. The van der Waals surface area contributed by atoms with E-state index in [-0.39, 0.29) is 30.5 Å². The maximum absolute atomic E-state index is 12.9. The van der Waals surface area contributed by atoms with E-state index in [9.17, 15) is 9.59 Å². The summed E-state index contributed by atoms with van der Waals surface area (Å²) in [5.41, 5.74) is 0.991. The molecule has 0 bridgehead atoms. The molecule has 2 aromatic carbocycles. The maximum atomic E-state index is 12.9. The Hall–Kier alpha value is -2.22. The lowest BCUT2D eigenvalue weighted by Gasteiger charge is -2.43. The van der Waals surface area contributed by atoms with E-state index in [0.717, 1.165) is 18.2 Å². The molecule has 1 aliphatic heterocycles. The van der Waals surface area contributed by atoms with Crippen LogP contribution in [0.4, 0.5) is 0 Å². The average Bonchev–Trinajstić information content (AvgIpc) is 2.97. The summed E-state index contributed by atoms with van der Waals surface area (Å²) in [5.74, 6) is -0.866. The van der Waals surface area contributed by atoms with E-state index >= 15 is 0 Å². The Bertz CT molecular complexity index is 967. The SMILES string of the molecule is C[C@@H]1C(COC(=O)c2ccccc2)O[C@@H](OCCCCCCCCCCBr)C(OC(=O)c2ccccc2)[C@H]1C. The molecule has 7 heteroatoms. The Morgan fingerprint density at radius 1 is 0.744 bits per heavy atom. The van der Waals surface area contributed by atoms with Crippen LogP contribution in [-0.4, -0.2) is 49.0 Å². The predicted molar refractivity (Wildman–Crippen MR) is 156 cm³/mol. The minimum atomic E-state index is -0.728. The summed E-state index contributed by atoms with van der Waals surface area (Å²) in [6.07, 6.45) is 7.85. The Morgan fingerprint density at radius 3 is 1.87 bits per heavy atom. The number of benzene rings is 2. The third-order valence-corrected chi connectivity index (χ3v) is 8.02. The van der Waals surface area contributed by atoms with Gasteiger partial charge in [0.1, 0.15) is 6.61 Å². The van der Waals surface area contributed by atoms with E-state index < -0.39 is 18.4 Å². The first-order valence-electron chi connectivity index (χ1n) is 14.3. The zero-order valence-electron chi connectivity index (χ0n) is 23.3. The summed E-state index contributed by atoms with van der Waals surface area (Å²) in [6, 6.07) is 17.9. The second-order valence-corrected chi connectivity index (χ2v) is 11.1. The lowest BCUT2D eigenvalue weighted by molar-refractivity contribution is -0.274. The summed E-state index contributed by atoms with van der Waals surface area (Å²) in [6.45, 7) is 4.69. The van der Waals surface area contributed by atoms with Crippen molar-refractivity contribution >= 4 is 27.9 Å². The summed E-state index contributed by atoms with van der Waals surface area (Å²) in [4.78, 5) is 25.4. The standard InChI is InChI=1S/C32H43BrO6/c1-24-25(2)29(39-31(35)27-19-13-10-14-20-27)32(36-22-16-8-6-4-3-5-7-15-21-33)38-28(24)23-37-30(34)26-17-11-9-12-18-26/h9-14,17-20,24-25,28-29,32H,3-8,15-16,21-23H2,1-2H3/t24-,25-,28?,29?,32+/m0/s1. The highest BCUT2D eigenvalue weighted by atomic mass is 79.9. The Balaban J connectivity index is 1.55. The lowest BCUT2D eigenvalue weighted by Crippen LogP contribution is -2.53. The van der Waals surface area contributed by atoms with E-state index in [0.29, 0.717) is 17.7 Å². The van der Waals surface area contributed by atoms with Crippen LogP contribution in [0.5, 0.6) is 0 Å². The van der Waals surface area contributed by atoms with E-state index in [1.54, 1.807) is 36.4 Å². The molecule has 0 aromatic heterocycles.